The average Bonchev–Trinajstić information content (AvgIpc) is 2.97. The Balaban J connectivity index is 1.82. The summed E-state index contributed by atoms with van der Waals surface area (Å²) in [4.78, 5) is 21.9. The molecular formula is C14H16N4O4. The number of benzene rings is 1. The van der Waals surface area contributed by atoms with E-state index in [2.05, 4.69) is 10.4 Å². The van der Waals surface area contributed by atoms with Gasteiger partial charge in [0.15, 0.2) is 0 Å². The molecule has 0 fully saturated rings. The van der Waals surface area contributed by atoms with Crippen LogP contribution in [0.25, 0.3) is 0 Å². The topological polar surface area (TPSA) is 99.3 Å². The van der Waals surface area contributed by atoms with E-state index in [0.29, 0.717) is 31.0 Å². The SMILES string of the molecule is CCOc1ccc(C(=O)NCCn2cc([N+](=O)[O-])cn2)cc1. The third kappa shape index (κ3) is 4.05. The third-order valence-electron chi connectivity index (χ3n) is 2.88. The van der Waals surface area contributed by atoms with Crippen molar-refractivity contribution >= 4 is 11.6 Å². The van der Waals surface area contributed by atoms with E-state index in [-0.39, 0.29) is 11.6 Å². The first-order valence-electron chi connectivity index (χ1n) is 6.78. The number of aromatic nitrogens is 2. The monoisotopic (exact) mass is 304 g/mol. The molecule has 8 nitrogen and oxygen atoms in total. The number of hydrogen-bond acceptors (Lipinski definition) is 5. The molecule has 0 unspecified atom stereocenters. The minimum absolute atomic E-state index is 0.0714. The molecular weight excluding hydrogens is 288 g/mol. The van der Waals surface area contributed by atoms with Gasteiger partial charge in [-0.1, -0.05) is 0 Å². The van der Waals surface area contributed by atoms with Crippen LogP contribution in [0, 0.1) is 10.1 Å². The highest BCUT2D eigenvalue weighted by molar-refractivity contribution is 5.94. The number of nitrogens with one attached hydrogen (secondary N) is 1. The van der Waals surface area contributed by atoms with Gasteiger partial charge in [0.25, 0.3) is 5.91 Å². The first kappa shape index (κ1) is 15.5. The fourth-order valence-corrected chi connectivity index (χ4v) is 1.82. The fourth-order valence-electron chi connectivity index (χ4n) is 1.82. The number of amides is 1. The zero-order valence-electron chi connectivity index (χ0n) is 12.1. The van der Waals surface area contributed by atoms with E-state index in [1.165, 1.54) is 17.1 Å². The number of carbonyl (C=O) groups excluding carboxylic acids is 1. The average molecular weight is 304 g/mol. The van der Waals surface area contributed by atoms with Crippen LogP contribution in [0.4, 0.5) is 5.69 Å². The molecule has 22 heavy (non-hydrogen) atoms. The van der Waals surface area contributed by atoms with Crippen molar-refractivity contribution in [2.45, 2.75) is 13.5 Å². The number of carbonyl (C=O) groups is 1. The fraction of sp³-hybridized carbons (Fsp3) is 0.286. The lowest BCUT2D eigenvalue weighted by Crippen LogP contribution is -2.27. The molecule has 1 N–H and O–H groups in total. The molecule has 0 bridgehead atoms. The standard InChI is InChI=1S/C14H16N4O4/c1-2-22-13-5-3-11(4-6-13)14(19)15-7-8-17-10-12(9-16-17)18(20)21/h3-6,9-10H,2,7-8H2,1H3,(H,15,19). The molecule has 0 spiro atoms. The van der Waals surface area contributed by atoms with Crippen LogP contribution in [-0.4, -0.2) is 33.8 Å². The zero-order chi connectivity index (χ0) is 15.9. The smallest absolute Gasteiger partial charge is 0.306 e. The molecule has 1 aromatic carbocycles. The molecule has 2 aromatic rings. The number of ether oxygens (including phenoxy) is 1. The van der Waals surface area contributed by atoms with Crippen LogP contribution in [0.1, 0.15) is 17.3 Å². The maximum absolute atomic E-state index is 11.9. The summed E-state index contributed by atoms with van der Waals surface area (Å²) >= 11 is 0. The number of nitrogens with zero attached hydrogens (tertiary/aromatic N) is 3. The molecule has 0 atom stereocenters. The van der Waals surface area contributed by atoms with Crippen molar-refractivity contribution in [2.75, 3.05) is 13.2 Å². The Morgan fingerprint density at radius 3 is 2.73 bits per heavy atom. The maximum Gasteiger partial charge on any atom is 0.306 e. The van der Waals surface area contributed by atoms with Gasteiger partial charge < -0.3 is 10.1 Å². The minimum Gasteiger partial charge on any atom is -0.494 e. The molecule has 0 radical (unpaired) electrons. The van der Waals surface area contributed by atoms with Crippen LogP contribution in [0.2, 0.25) is 0 Å². The second kappa shape index (κ2) is 7.21. The first-order chi connectivity index (χ1) is 10.6. The molecule has 1 amide bonds. The first-order valence-corrected chi connectivity index (χ1v) is 6.78. The molecule has 0 saturated heterocycles. The van der Waals surface area contributed by atoms with Gasteiger partial charge in [0, 0.05) is 12.1 Å². The maximum atomic E-state index is 11.9. The Bertz CT molecular complexity index is 651. The van der Waals surface area contributed by atoms with Gasteiger partial charge in [-0.15, -0.1) is 0 Å². The Morgan fingerprint density at radius 1 is 1.41 bits per heavy atom. The molecule has 0 saturated carbocycles. The lowest BCUT2D eigenvalue weighted by atomic mass is 10.2. The summed E-state index contributed by atoms with van der Waals surface area (Å²) in [6, 6.07) is 6.82. The number of nitro groups is 1. The van der Waals surface area contributed by atoms with Crippen LogP contribution < -0.4 is 10.1 Å². The normalized spacial score (nSPS) is 10.2. The predicted molar refractivity (Wildman–Crippen MR) is 78.8 cm³/mol. The van der Waals surface area contributed by atoms with Gasteiger partial charge >= 0.3 is 5.69 Å². The second-order valence-electron chi connectivity index (χ2n) is 4.43. The molecule has 8 heteroatoms. The van der Waals surface area contributed by atoms with Crippen molar-refractivity contribution in [2.24, 2.45) is 0 Å². The Kier molecular flexibility index (Phi) is 5.07. The molecule has 1 heterocycles. The molecule has 0 aliphatic heterocycles. The highest BCUT2D eigenvalue weighted by atomic mass is 16.6. The van der Waals surface area contributed by atoms with E-state index in [9.17, 15) is 14.9 Å². The summed E-state index contributed by atoms with van der Waals surface area (Å²) < 4.78 is 6.72. The third-order valence-corrected chi connectivity index (χ3v) is 2.88. The van der Waals surface area contributed by atoms with E-state index in [0.717, 1.165) is 0 Å². The van der Waals surface area contributed by atoms with Gasteiger partial charge in [0.2, 0.25) is 0 Å². The molecule has 1 aromatic heterocycles. The molecule has 116 valence electrons. The summed E-state index contributed by atoms with van der Waals surface area (Å²) in [6.07, 6.45) is 2.50. The minimum atomic E-state index is -0.512. The van der Waals surface area contributed by atoms with E-state index < -0.39 is 4.92 Å². The van der Waals surface area contributed by atoms with Crippen molar-refractivity contribution in [1.29, 1.82) is 0 Å². The lowest BCUT2D eigenvalue weighted by molar-refractivity contribution is -0.385. The van der Waals surface area contributed by atoms with Crippen molar-refractivity contribution in [3.63, 3.8) is 0 Å². The quantitative estimate of drug-likeness (QED) is 0.619. The number of hydrogen-bond donors (Lipinski definition) is 1. The summed E-state index contributed by atoms with van der Waals surface area (Å²) in [5.41, 5.74) is 0.452. The summed E-state index contributed by atoms with van der Waals surface area (Å²) in [7, 11) is 0. The van der Waals surface area contributed by atoms with Crippen LogP contribution in [0.5, 0.6) is 5.75 Å². The van der Waals surface area contributed by atoms with Crippen LogP contribution in [0.3, 0.4) is 0 Å². The highest BCUT2D eigenvalue weighted by Gasteiger charge is 2.09. The van der Waals surface area contributed by atoms with Gasteiger partial charge in [-0.3, -0.25) is 19.6 Å². The van der Waals surface area contributed by atoms with E-state index in [4.69, 9.17) is 4.74 Å². The lowest BCUT2D eigenvalue weighted by Gasteiger charge is -2.06. The molecule has 2 rings (SSSR count). The van der Waals surface area contributed by atoms with Crippen molar-refractivity contribution < 1.29 is 14.5 Å². The molecule has 0 aliphatic carbocycles. The van der Waals surface area contributed by atoms with Gasteiger partial charge in [-0.2, -0.15) is 5.10 Å². The summed E-state index contributed by atoms with van der Waals surface area (Å²) in [5, 5.41) is 17.1. The van der Waals surface area contributed by atoms with E-state index in [1.807, 2.05) is 6.92 Å². The van der Waals surface area contributed by atoms with E-state index >= 15 is 0 Å². The summed E-state index contributed by atoms with van der Waals surface area (Å²) in [5.74, 6) is 0.493. The van der Waals surface area contributed by atoms with Crippen LogP contribution in [-0.2, 0) is 6.54 Å². The van der Waals surface area contributed by atoms with Crippen molar-refractivity contribution in [3.05, 3.63) is 52.3 Å². The van der Waals surface area contributed by atoms with Crippen molar-refractivity contribution in [3.8, 4) is 5.75 Å². The van der Waals surface area contributed by atoms with Crippen LogP contribution >= 0.6 is 0 Å². The Morgan fingerprint density at radius 2 is 2.14 bits per heavy atom. The van der Waals surface area contributed by atoms with E-state index in [1.54, 1.807) is 24.3 Å². The van der Waals surface area contributed by atoms with Crippen LogP contribution in [0.15, 0.2) is 36.7 Å². The predicted octanol–water partition coefficient (Wildman–Crippen LogP) is 1.62. The number of rotatable bonds is 7. The second-order valence-corrected chi connectivity index (χ2v) is 4.43. The summed E-state index contributed by atoms with van der Waals surface area (Å²) in [6.45, 7) is 3.14. The Labute approximate surface area is 126 Å². The van der Waals surface area contributed by atoms with Gasteiger partial charge in [0.05, 0.1) is 18.1 Å². The van der Waals surface area contributed by atoms with Gasteiger partial charge in [-0.05, 0) is 31.2 Å². The zero-order valence-corrected chi connectivity index (χ0v) is 12.1. The highest BCUT2D eigenvalue weighted by Crippen LogP contribution is 2.12. The van der Waals surface area contributed by atoms with Gasteiger partial charge in [-0.25, -0.2) is 0 Å². The Hall–Kier alpha value is -2.90. The van der Waals surface area contributed by atoms with Gasteiger partial charge in [0.1, 0.15) is 18.1 Å². The largest absolute Gasteiger partial charge is 0.494 e. The van der Waals surface area contributed by atoms with Crippen molar-refractivity contribution in [1.82, 2.24) is 15.1 Å². The molecule has 0 aliphatic rings.